The van der Waals surface area contributed by atoms with Crippen LogP contribution in [0.4, 0.5) is 0 Å². The molecule has 0 amide bonds. The monoisotopic (exact) mass is 273 g/mol. The minimum atomic E-state index is 0.0977. The molecule has 0 saturated heterocycles. The van der Waals surface area contributed by atoms with Crippen molar-refractivity contribution in [2.75, 3.05) is 13.7 Å². The molecule has 20 heavy (non-hydrogen) atoms. The molecule has 110 valence electrons. The number of rotatable bonds is 6. The molecule has 0 spiro atoms. The summed E-state index contributed by atoms with van der Waals surface area (Å²) in [5.41, 5.74) is 2.78. The molecule has 2 atom stereocenters. The standard InChI is InChI=1S/C18H27NO/c1-3-19-17(15-11-7-4-5-8-12-15)18(20-2)16-13-9-6-10-14-16/h6,9-11,13-14,17-19H,3-5,7-8,12H2,1-2H3. The first kappa shape index (κ1) is 15.3. The van der Waals surface area contributed by atoms with E-state index in [-0.39, 0.29) is 6.10 Å². The number of allylic oxidation sites excluding steroid dienone is 1. The van der Waals surface area contributed by atoms with Crippen LogP contribution in [0.3, 0.4) is 0 Å². The quantitative estimate of drug-likeness (QED) is 0.783. The Labute approximate surface area is 123 Å². The van der Waals surface area contributed by atoms with Crippen molar-refractivity contribution in [2.24, 2.45) is 0 Å². The molecule has 0 heterocycles. The van der Waals surface area contributed by atoms with Gasteiger partial charge < -0.3 is 10.1 Å². The number of nitrogens with one attached hydrogen (secondary N) is 1. The number of hydrogen-bond acceptors (Lipinski definition) is 2. The van der Waals surface area contributed by atoms with Crippen LogP contribution in [-0.2, 0) is 4.74 Å². The zero-order valence-electron chi connectivity index (χ0n) is 12.8. The summed E-state index contributed by atoms with van der Waals surface area (Å²) in [6.07, 6.45) is 8.93. The largest absolute Gasteiger partial charge is 0.375 e. The molecule has 2 heteroatoms. The van der Waals surface area contributed by atoms with Gasteiger partial charge in [0.2, 0.25) is 0 Å². The van der Waals surface area contributed by atoms with Gasteiger partial charge in [-0.1, -0.05) is 55.3 Å². The third-order valence-electron chi connectivity index (χ3n) is 4.08. The SMILES string of the molecule is CCNC(C1=CCCCCC1)C(OC)c1ccccc1. The van der Waals surface area contributed by atoms with Crippen LogP contribution in [0.5, 0.6) is 0 Å². The van der Waals surface area contributed by atoms with Gasteiger partial charge in [0.1, 0.15) is 6.10 Å². The highest BCUT2D eigenvalue weighted by atomic mass is 16.5. The van der Waals surface area contributed by atoms with Crippen LogP contribution in [0.2, 0.25) is 0 Å². The fraction of sp³-hybridized carbons (Fsp3) is 0.556. The molecule has 2 rings (SSSR count). The van der Waals surface area contributed by atoms with E-state index in [2.05, 4.69) is 48.6 Å². The van der Waals surface area contributed by atoms with Gasteiger partial charge in [-0.25, -0.2) is 0 Å². The Morgan fingerprint density at radius 1 is 1.15 bits per heavy atom. The third-order valence-corrected chi connectivity index (χ3v) is 4.08. The Morgan fingerprint density at radius 2 is 1.95 bits per heavy atom. The molecule has 2 nitrogen and oxygen atoms in total. The first-order chi connectivity index (χ1) is 9.86. The molecule has 0 fully saturated rings. The molecular formula is C18H27NO. The highest BCUT2D eigenvalue weighted by molar-refractivity contribution is 5.25. The predicted molar refractivity (Wildman–Crippen MR) is 84.8 cm³/mol. The van der Waals surface area contributed by atoms with Crippen molar-refractivity contribution < 1.29 is 4.74 Å². The van der Waals surface area contributed by atoms with Crippen LogP contribution in [0, 0.1) is 0 Å². The highest BCUT2D eigenvalue weighted by Crippen LogP contribution is 2.29. The zero-order valence-corrected chi connectivity index (χ0v) is 12.8. The lowest BCUT2D eigenvalue weighted by molar-refractivity contribution is 0.0781. The van der Waals surface area contributed by atoms with Gasteiger partial charge in [-0.3, -0.25) is 0 Å². The zero-order chi connectivity index (χ0) is 14.2. The van der Waals surface area contributed by atoms with E-state index < -0.39 is 0 Å². The molecule has 1 aliphatic rings. The normalized spacial score (nSPS) is 19.0. The second kappa shape index (κ2) is 8.23. The van der Waals surface area contributed by atoms with E-state index in [0.717, 1.165) is 6.54 Å². The minimum absolute atomic E-state index is 0.0977. The van der Waals surface area contributed by atoms with E-state index in [9.17, 15) is 0 Å². The summed E-state index contributed by atoms with van der Waals surface area (Å²) < 4.78 is 5.84. The predicted octanol–water partition coefficient (Wildman–Crippen LogP) is 4.24. The number of methoxy groups -OCH3 is 1. The fourth-order valence-electron chi connectivity index (χ4n) is 3.08. The van der Waals surface area contributed by atoms with Crippen LogP contribution >= 0.6 is 0 Å². The average Bonchev–Trinajstić information content (AvgIpc) is 2.77. The number of likely N-dealkylation sites (N-methyl/N-ethyl adjacent to an activating group) is 1. The molecule has 0 radical (unpaired) electrons. The Kier molecular flexibility index (Phi) is 6.28. The van der Waals surface area contributed by atoms with E-state index in [1.54, 1.807) is 0 Å². The molecule has 0 aromatic heterocycles. The molecule has 1 aromatic rings. The van der Waals surface area contributed by atoms with E-state index in [4.69, 9.17) is 4.74 Å². The van der Waals surface area contributed by atoms with Crippen molar-refractivity contribution in [3.8, 4) is 0 Å². The van der Waals surface area contributed by atoms with Crippen LogP contribution in [0.25, 0.3) is 0 Å². The summed E-state index contributed by atoms with van der Waals surface area (Å²) in [6, 6.07) is 10.9. The molecule has 0 bridgehead atoms. The van der Waals surface area contributed by atoms with E-state index in [0.29, 0.717) is 6.04 Å². The molecule has 1 aliphatic carbocycles. The summed E-state index contributed by atoms with van der Waals surface area (Å²) in [7, 11) is 1.82. The Morgan fingerprint density at radius 3 is 2.65 bits per heavy atom. The van der Waals surface area contributed by atoms with Crippen molar-refractivity contribution in [1.29, 1.82) is 0 Å². The maximum Gasteiger partial charge on any atom is 0.101 e. The maximum absolute atomic E-state index is 5.84. The Hall–Kier alpha value is -1.12. The van der Waals surface area contributed by atoms with Crippen LogP contribution < -0.4 is 5.32 Å². The number of hydrogen-bond donors (Lipinski definition) is 1. The van der Waals surface area contributed by atoms with Crippen molar-refractivity contribution in [2.45, 2.75) is 51.2 Å². The lowest BCUT2D eigenvalue weighted by Crippen LogP contribution is -2.37. The molecule has 2 unspecified atom stereocenters. The molecule has 1 aromatic carbocycles. The van der Waals surface area contributed by atoms with Crippen molar-refractivity contribution in [1.82, 2.24) is 5.32 Å². The highest BCUT2D eigenvalue weighted by Gasteiger charge is 2.25. The summed E-state index contributed by atoms with van der Waals surface area (Å²) in [5.74, 6) is 0. The molecule has 1 N–H and O–H groups in total. The van der Waals surface area contributed by atoms with E-state index in [1.165, 1.54) is 43.2 Å². The van der Waals surface area contributed by atoms with Crippen molar-refractivity contribution in [3.05, 3.63) is 47.5 Å². The Bertz CT molecular complexity index is 413. The van der Waals surface area contributed by atoms with Gasteiger partial charge in [-0.15, -0.1) is 0 Å². The van der Waals surface area contributed by atoms with Gasteiger partial charge in [0, 0.05) is 7.11 Å². The smallest absolute Gasteiger partial charge is 0.101 e. The summed E-state index contributed by atoms with van der Waals surface area (Å²) in [5, 5.41) is 3.64. The number of ether oxygens (including phenoxy) is 1. The Balaban J connectivity index is 2.23. The molecule has 0 aliphatic heterocycles. The lowest BCUT2D eigenvalue weighted by atomic mass is 9.92. The van der Waals surface area contributed by atoms with Gasteiger partial charge in [0.25, 0.3) is 0 Å². The molecular weight excluding hydrogens is 246 g/mol. The van der Waals surface area contributed by atoms with Crippen molar-refractivity contribution >= 4 is 0 Å². The third kappa shape index (κ3) is 3.94. The van der Waals surface area contributed by atoms with E-state index >= 15 is 0 Å². The van der Waals surface area contributed by atoms with Gasteiger partial charge in [-0.05, 0) is 37.8 Å². The van der Waals surface area contributed by atoms with Crippen molar-refractivity contribution in [3.63, 3.8) is 0 Å². The van der Waals surface area contributed by atoms with Gasteiger partial charge >= 0.3 is 0 Å². The number of benzene rings is 1. The summed E-state index contributed by atoms with van der Waals surface area (Å²) in [6.45, 7) is 3.14. The first-order valence-corrected chi connectivity index (χ1v) is 7.87. The van der Waals surface area contributed by atoms with Gasteiger partial charge in [-0.2, -0.15) is 0 Å². The second-order valence-electron chi connectivity index (χ2n) is 5.48. The average molecular weight is 273 g/mol. The summed E-state index contributed by atoms with van der Waals surface area (Å²) >= 11 is 0. The van der Waals surface area contributed by atoms with Gasteiger partial charge in [0.05, 0.1) is 6.04 Å². The van der Waals surface area contributed by atoms with Crippen LogP contribution in [0.1, 0.15) is 50.7 Å². The maximum atomic E-state index is 5.84. The topological polar surface area (TPSA) is 21.3 Å². The van der Waals surface area contributed by atoms with Crippen LogP contribution in [-0.4, -0.2) is 19.7 Å². The second-order valence-corrected chi connectivity index (χ2v) is 5.48. The fourth-order valence-corrected chi connectivity index (χ4v) is 3.08. The minimum Gasteiger partial charge on any atom is -0.375 e. The van der Waals surface area contributed by atoms with Crippen LogP contribution in [0.15, 0.2) is 42.0 Å². The lowest BCUT2D eigenvalue weighted by Gasteiger charge is -2.29. The molecule has 0 saturated carbocycles. The van der Waals surface area contributed by atoms with Gasteiger partial charge in [0.15, 0.2) is 0 Å². The van der Waals surface area contributed by atoms with E-state index in [1.807, 2.05) is 7.11 Å². The first-order valence-electron chi connectivity index (χ1n) is 7.87. The summed E-state index contributed by atoms with van der Waals surface area (Å²) in [4.78, 5) is 0.